The third-order valence-corrected chi connectivity index (χ3v) is 3.93. The molecule has 0 fully saturated rings. The lowest BCUT2D eigenvalue weighted by atomic mass is 10.0. The van der Waals surface area contributed by atoms with E-state index in [2.05, 4.69) is 5.32 Å². The van der Waals surface area contributed by atoms with Crippen LogP contribution in [0.15, 0.2) is 18.3 Å². The normalized spacial score (nSPS) is 12.2. The maximum atomic E-state index is 11.8. The molecule has 1 heterocycles. The number of fused-ring (bicyclic) bond motifs is 1. The van der Waals surface area contributed by atoms with Crippen molar-refractivity contribution in [3.05, 3.63) is 28.9 Å². The van der Waals surface area contributed by atoms with Gasteiger partial charge in [0.15, 0.2) is 0 Å². The van der Waals surface area contributed by atoms with E-state index < -0.39 is 0 Å². The number of amides is 1. The van der Waals surface area contributed by atoms with Gasteiger partial charge in [0, 0.05) is 37.9 Å². The molecule has 1 atom stereocenters. The molecule has 0 saturated carbocycles. The number of benzene rings is 1. The molecule has 5 nitrogen and oxygen atoms in total. The summed E-state index contributed by atoms with van der Waals surface area (Å²) in [6.45, 7) is 5.47. The zero-order chi connectivity index (χ0) is 16.4. The van der Waals surface area contributed by atoms with Gasteiger partial charge in [-0.05, 0) is 17.7 Å². The topological polar surface area (TPSA) is 60.3 Å². The van der Waals surface area contributed by atoms with Crippen LogP contribution in [-0.4, -0.2) is 30.0 Å². The molecule has 2 rings (SSSR count). The van der Waals surface area contributed by atoms with Crippen LogP contribution in [0.1, 0.15) is 37.0 Å². The monoisotopic (exact) mass is 322 g/mol. The minimum Gasteiger partial charge on any atom is -0.495 e. The van der Waals surface area contributed by atoms with E-state index in [0.29, 0.717) is 17.3 Å². The Morgan fingerprint density at radius 1 is 1.36 bits per heavy atom. The fourth-order valence-corrected chi connectivity index (χ4v) is 2.70. The molecular formula is C16H19ClN2O3. The zero-order valence-electron chi connectivity index (χ0n) is 13.1. The van der Waals surface area contributed by atoms with Crippen LogP contribution in [0.4, 0.5) is 0 Å². The largest absolute Gasteiger partial charge is 0.495 e. The van der Waals surface area contributed by atoms with E-state index in [1.54, 1.807) is 23.9 Å². The first-order chi connectivity index (χ1) is 10.3. The number of methoxy groups -OCH3 is 1. The molecule has 1 unspecified atom stereocenters. The molecule has 0 radical (unpaired) electrons. The smallest absolute Gasteiger partial charge is 0.227 e. The van der Waals surface area contributed by atoms with Crippen molar-refractivity contribution in [2.75, 3.05) is 13.7 Å². The molecule has 1 amide bonds. The number of nitrogens with zero attached hydrogens (tertiary/aromatic N) is 1. The van der Waals surface area contributed by atoms with Crippen LogP contribution in [0.25, 0.3) is 10.9 Å². The molecule has 6 heteroatoms. The van der Waals surface area contributed by atoms with Crippen molar-refractivity contribution in [3.63, 3.8) is 0 Å². The highest BCUT2D eigenvalue weighted by molar-refractivity contribution is 6.33. The van der Waals surface area contributed by atoms with Crippen molar-refractivity contribution >= 4 is 34.3 Å². The van der Waals surface area contributed by atoms with E-state index in [9.17, 15) is 9.59 Å². The highest BCUT2D eigenvalue weighted by Crippen LogP contribution is 2.35. The molecule has 22 heavy (non-hydrogen) atoms. The van der Waals surface area contributed by atoms with Gasteiger partial charge >= 0.3 is 0 Å². The summed E-state index contributed by atoms with van der Waals surface area (Å²) in [6, 6.07) is 3.56. The third-order valence-electron chi connectivity index (χ3n) is 3.64. The lowest BCUT2D eigenvalue weighted by molar-refractivity contribution is -0.119. The number of hydrogen-bond donors (Lipinski definition) is 1. The molecule has 1 aromatic heterocycles. The average molecular weight is 323 g/mol. The van der Waals surface area contributed by atoms with E-state index in [1.165, 1.54) is 13.8 Å². The number of carbonyl (C=O) groups is 2. The van der Waals surface area contributed by atoms with Gasteiger partial charge in [0.2, 0.25) is 11.8 Å². The number of nitrogens with one attached hydrogen (secondary N) is 1. The van der Waals surface area contributed by atoms with Crippen molar-refractivity contribution in [3.8, 4) is 5.75 Å². The molecule has 1 aromatic carbocycles. The number of rotatable bonds is 4. The zero-order valence-corrected chi connectivity index (χ0v) is 13.8. The second-order valence-electron chi connectivity index (χ2n) is 5.32. The average Bonchev–Trinajstić information content (AvgIpc) is 2.82. The van der Waals surface area contributed by atoms with Crippen molar-refractivity contribution in [2.24, 2.45) is 0 Å². The fraction of sp³-hybridized carbons (Fsp3) is 0.375. The Balaban J connectivity index is 2.57. The second-order valence-corrected chi connectivity index (χ2v) is 5.72. The molecule has 0 bridgehead atoms. The van der Waals surface area contributed by atoms with E-state index in [-0.39, 0.29) is 17.7 Å². The Morgan fingerprint density at radius 3 is 2.59 bits per heavy atom. The van der Waals surface area contributed by atoms with Gasteiger partial charge in [0.1, 0.15) is 5.75 Å². The molecule has 2 aromatic rings. The Kier molecular flexibility index (Phi) is 4.76. The van der Waals surface area contributed by atoms with E-state index in [4.69, 9.17) is 16.3 Å². The molecule has 0 aliphatic heterocycles. The van der Waals surface area contributed by atoms with Crippen LogP contribution in [0.2, 0.25) is 5.02 Å². The summed E-state index contributed by atoms with van der Waals surface area (Å²) in [5, 5.41) is 4.15. The number of aromatic nitrogens is 1. The highest BCUT2D eigenvalue weighted by Gasteiger charge is 2.18. The van der Waals surface area contributed by atoms with Gasteiger partial charge in [-0.15, -0.1) is 0 Å². The maximum Gasteiger partial charge on any atom is 0.227 e. The molecule has 0 aliphatic rings. The van der Waals surface area contributed by atoms with E-state index in [1.807, 2.05) is 13.0 Å². The van der Waals surface area contributed by atoms with Gasteiger partial charge < -0.3 is 10.1 Å². The first-order valence-electron chi connectivity index (χ1n) is 6.99. The predicted molar refractivity (Wildman–Crippen MR) is 86.9 cm³/mol. The van der Waals surface area contributed by atoms with Gasteiger partial charge in [-0.25, -0.2) is 0 Å². The first-order valence-corrected chi connectivity index (χ1v) is 7.36. The summed E-state index contributed by atoms with van der Waals surface area (Å²) in [5.41, 5.74) is 1.71. The molecule has 0 aliphatic carbocycles. The van der Waals surface area contributed by atoms with Gasteiger partial charge in [-0.1, -0.05) is 18.5 Å². The highest BCUT2D eigenvalue weighted by atomic mass is 35.5. The van der Waals surface area contributed by atoms with Gasteiger partial charge in [0.05, 0.1) is 17.6 Å². The van der Waals surface area contributed by atoms with Crippen molar-refractivity contribution < 1.29 is 14.3 Å². The van der Waals surface area contributed by atoms with Crippen LogP contribution in [0, 0.1) is 0 Å². The summed E-state index contributed by atoms with van der Waals surface area (Å²) in [7, 11) is 1.55. The molecule has 1 N–H and O–H groups in total. The van der Waals surface area contributed by atoms with Gasteiger partial charge in [-0.2, -0.15) is 0 Å². The van der Waals surface area contributed by atoms with Crippen LogP contribution >= 0.6 is 11.6 Å². The molecule has 0 spiro atoms. The summed E-state index contributed by atoms with van der Waals surface area (Å²) in [6.07, 6.45) is 1.80. The summed E-state index contributed by atoms with van der Waals surface area (Å²) < 4.78 is 6.83. The summed E-state index contributed by atoms with van der Waals surface area (Å²) in [4.78, 5) is 22.9. The minimum absolute atomic E-state index is 0.0536. The quantitative estimate of drug-likeness (QED) is 0.940. The van der Waals surface area contributed by atoms with Gasteiger partial charge in [-0.3, -0.25) is 14.2 Å². The Labute approximate surface area is 134 Å². The molecular weight excluding hydrogens is 304 g/mol. The number of carbonyl (C=O) groups excluding carboxylic acids is 2. The number of halogens is 1. The SMILES string of the molecule is COc1cc2c(C(C)CNC(C)=O)cn(C(C)=O)c2cc1Cl. The number of hydrogen-bond acceptors (Lipinski definition) is 3. The first kappa shape index (κ1) is 16.4. The molecule has 118 valence electrons. The van der Waals surface area contributed by atoms with E-state index >= 15 is 0 Å². The van der Waals surface area contributed by atoms with Crippen LogP contribution in [0.5, 0.6) is 5.75 Å². The standard InChI is InChI=1S/C16H19ClN2O3/c1-9(7-18-10(2)20)13-8-19(11(3)21)15-6-14(17)16(22-4)5-12(13)15/h5-6,8-9H,7H2,1-4H3,(H,18,20). The summed E-state index contributed by atoms with van der Waals surface area (Å²) >= 11 is 6.16. The Bertz CT molecular complexity index is 737. The lowest BCUT2D eigenvalue weighted by Crippen LogP contribution is -2.24. The Morgan fingerprint density at radius 2 is 2.05 bits per heavy atom. The lowest BCUT2D eigenvalue weighted by Gasteiger charge is -2.11. The van der Waals surface area contributed by atoms with Crippen LogP contribution < -0.4 is 10.1 Å². The van der Waals surface area contributed by atoms with E-state index in [0.717, 1.165) is 16.5 Å². The van der Waals surface area contributed by atoms with Crippen LogP contribution in [-0.2, 0) is 4.79 Å². The van der Waals surface area contributed by atoms with Crippen molar-refractivity contribution in [1.82, 2.24) is 9.88 Å². The second kappa shape index (κ2) is 6.40. The van der Waals surface area contributed by atoms with Crippen LogP contribution in [0.3, 0.4) is 0 Å². The third kappa shape index (κ3) is 3.09. The number of ether oxygens (including phenoxy) is 1. The van der Waals surface area contributed by atoms with Crippen molar-refractivity contribution in [2.45, 2.75) is 26.7 Å². The maximum absolute atomic E-state index is 11.8. The van der Waals surface area contributed by atoms with Crippen molar-refractivity contribution in [1.29, 1.82) is 0 Å². The van der Waals surface area contributed by atoms with Gasteiger partial charge in [0.25, 0.3) is 0 Å². The fourth-order valence-electron chi connectivity index (χ4n) is 2.47. The minimum atomic E-state index is -0.0933. The summed E-state index contributed by atoms with van der Waals surface area (Å²) in [5.74, 6) is 0.438. The Hall–Kier alpha value is -2.01. The molecule has 0 saturated heterocycles. The predicted octanol–water partition coefficient (Wildman–Crippen LogP) is 3.20.